The van der Waals surface area contributed by atoms with Gasteiger partial charge in [0, 0.05) is 25.0 Å². The Morgan fingerprint density at radius 3 is 2.60 bits per heavy atom. The van der Waals surface area contributed by atoms with E-state index in [1.807, 2.05) is 0 Å². The second-order valence-corrected chi connectivity index (χ2v) is 7.15. The lowest BCUT2D eigenvalue weighted by Crippen LogP contribution is -2.43. The summed E-state index contributed by atoms with van der Waals surface area (Å²) >= 11 is 0. The van der Waals surface area contributed by atoms with Crippen LogP contribution in [0.1, 0.15) is 52.4 Å². The molecule has 4 heteroatoms. The molecule has 1 saturated carbocycles. The van der Waals surface area contributed by atoms with E-state index in [1.165, 1.54) is 6.42 Å². The van der Waals surface area contributed by atoms with Crippen LogP contribution in [0.15, 0.2) is 0 Å². The maximum atomic E-state index is 12.2. The number of hydrogen-bond acceptors (Lipinski definition) is 3. The van der Waals surface area contributed by atoms with Gasteiger partial charge in [0.15, 0.2) is 0 Å². The highest BCUT2D eigenvalue weighted by molar-refractivity contribution is 5.76. The van der Waals surface area contributed by atoms with Crippen molar-refractivity contribution in [3.05, 3.63) is 0 Å². The fraction of sp³-hybridized carbons (Fsp3) is 0.938. The molecule has 1 amide bonds. The standard InChI is InChI=1S/C16H33N3O/c1-12(2)8-15(11-19(3)4)18-16(20)10-13-6-5-7-14(17)9-13/h12-15H,5-11,17H2,1-4H3,(H,18,20). The van der Waals surface area contributed by atoms with E-state index in [0.29, 0.717) is 24.3 Å². The van der Waals surface area contributed by atoms with Crippen LogP contribution in [0.2, 0.25) is 0 Å². The Hall–Kier alpha value is -0.610. The molecule has 3 unspecified atom stereocenters. The van der Waals surface area contributed by atoms with Crippen LogP contribution < -0.4 is 11.1 Å². The van der Waals surface area contributed by atoms with E-state index in [0.717, 1.165) is 32.2 Å². The van der Waals surface area contributed by atoms with E-state index in [-0.39, 0.29) is 11.9 Å². The molecule has 118 valence electrons. The average molecular weight is 283 g/mol. The normalized spacial score (nSPS) is 24.9. The molecule has 0 aromatic rings. The third-order valence-electron chi connectivity index (χ3n) is 4.00. The zero-order chi connectivity index (χ0) is 15.1. The van der Waals surface area contributed by atoms with E-state index in [1.54, 1.807) is 0 Å². The molecule has 0 aliphatic heterocycles. The van der Waals surface area contributed by atoms with Crippen molar-refractivity contribution in [3.8, 4) is 0 Å². The van der Waals surface area contributed by atoms with Crippen LogP contribution in [-0.4, -0.2) is 43.5 Å². The second kappa shape index (κ2) is 8.63. The molecule has 1 aliphatic rings. The number of nitrogens with zero attached hydrogens (tertiary/aromatic N) is 1. The van der Waals surface area contributed by atoms with Crippen molar-refractivity contribution in [2.45, 2.75) is 64.5 Å². The van der Waals surface area contributed by atoms with Crippen molar-refractivity contribution in [1.29, 1.82) is 0 Å². The van der Waals surface area contributed by atoms with Crippen molar-refractivity contribution in [2.24, 2.45) is 17.6 Å². The van der Waals surface area contributed by atoms with Gasteiger partial charge >= 0.3 is 0 Å². The largest absolute Gasteiger partial charge is 0.352 e. The van der Waals surface area contributed by atoms with Crippen molar-refractivity contribution in [2.75, 3.05) is 20.6 Å². The van der Waals surface area contributed by atoms with Gasteiger partial charge in [-0.25, -0.2) is 0 Å². The van der Waals surface area contributed by atoms with Crippen molar-refractivity contribution in [3.63, 3.8) is 0 Å². The molecule has 1 aliphatic carbocycles. The Bertz CT molecular complexity index is 281. The van der Waals surface area contributed by atoms with Gasteiger partial charge in [0.2, 0.25) is 5.91 Å². The first kappa shape index (κ1) is 17.4. The number of carbonyl (C=O) groups excluding carboxylic acids is 1. The van der Waals surface area contributed by atoms with Gasteiger partial charge in [-0.3, -0.25) is 4.79 Å². The number of likely N-dealkylation sites (N-methyl/N-ethyl adjacent to an activating group) is 1. The molecule has 0 radical (unpaired) electrons. The average Bonchev–Trinajstić information content (AvgIpc) is 2.26. The number of carbonyl (C=O) groups is 1. The van der Waals surface area contributed by atoms with Crippen LogP contribution in [-0.2, 0) is 4.79 Å². The van der Waals surface area contributed by atoms with E-state index in [4.69, 9.17) is 5.73 Å². The predicted octanol–water partition coefficient (Wildman–Crippen LogP) is 1.99. The van der Waals surface area contributed by atoms with Gasteiger partial charge < -0.3 is 16.0 Å². The van der Waals surface area contributed by atoms with Crippen molar-refractivity contribution >= 4 is 5.91 Å². The molecule has 1 fully saturated rings. The van der Waals surface area contributed by atoms with Crippen LogP contribution in [0, 0.1) is 11.8 Å². The highest BCUT2D eigenvalue weighted by Gasteiger charge is 2.23. The van der Waals surface area contributed by atoms with Crippen LogP contribution in [0.25, 0.3) is 0 Å². The minimum atomic E-state index is 0.205. The van der Waals surface area contributed by atoms with Crippen LogP contribution >= 0.6 is 0 Å². The Morgan fingerprint density at radius 1 is 1.35 bits per heavy atom. The van der Waals surface area contributed by atoms with Gasteiger partial charge in [-0.2, -0.15) is 0 Å². The lowest BCUT2D eigenvalue weighted by Gasteiger charge is -2.28. The summed E-state index contributed by atoms with van der Waals surface area (Å²) < 4.78 is 0. The highest BCUT2D eigenvalue weighted by Crippen LogP contribution is 2.25. The summed E-state index contributed by atoms with van der Waals surface area (Å²) in [6.45, 7) is 5.32. The zero-order valence-corrected chi connectivity index (χ0v) is 13.7. The molecule has 0 bridgehead atoms. The Labute approximate surface area is 124 Å². The Balaban J connectivity index is 2.40. The molecule has 0 spiro atoms. The minimum Gasteiger partial charge on any atom is -0.352 e. The molecular weight excluding hydrogens is 250 g/mol. The van der Waals surface area contributed by atoms with Gasteiger partial charge in [-0.05, 0) is 51.6 Å². The third-order valence-corrected chi connectivity index (χ3v) is 4.00. The third kappa shape index (κ3) is 7.25. The fourth-order valence-electron chi connectivity index (χ4n) is 3.26. The van der Waals surface area contributed by atoms with E-state index in [2.05, 4.69) is 38.2 Å². The minimum absolute atomic E-state index is 0.205. The number of rotatable bonds is 7. The summed E-state index contributed by atoms with van der Waals surface area (Å²) in [7, 11) is 4.11. The summed E-state index contributed by atoms with van der Waals surface area (Å²) in [6, 6.07) is 0.560. The molecule has 0 aromatic carbocycles. The lowest BCUT2D eigenvalue weighted by atomic mass is 9.84. The van der Waals surface area contributed by atoms with E-state index in [9.17, 15) is 4.79 Å². The lowest BCUT2D eigenvalue weighted by molar-refractivity contribution is -0.123. The first-order chi connectivity index (χ1) is 9.36. The smallest absolute Gasteiger partial charge is 0.220 e. The summed E-state index contributed by atoms with van der Waals surface area (Å²) in [4.78, 5) is 14.4. The molecule has 1 rings (SSSR count). The van der Waals surface area contributed by atoms with Crippen molar-refractivity contribution in [1.82, 2.24) is 10.2 Å². The molecule has 20 heavy (non-hydrogen) atoms. The molecule has 4 nitrogen and oxygen atoms in total. The van der Waals surface area contributed by atoms with E-state index >= 15 is 0 Å². The van der Waals surface area contributed by atoms with E-state index < -0.39 is 0 Å². The summed E-state index contributed by atoms with van der Waals surface area (Å²) in [5.74, 6) is 1.29. The summed E-state index contributed by atoms with van der Waals surface area (Å²) in [5, 5.41) is 3.22. The number of amides is 1. The zero-order valence-electron chi connectivity index (χ0n) is 13.7. The maximum Gasteiger partial charge on any atom is 0.220 e. The Kier molecular flexibility index (Phi) is 7.52. The van der Waals surface area contributed by atoms with Gasteiger partial charge in [0.25, 0.3) is 0 Å². The Morgan fingerprint density at radius 2 is 2.05 bits per heavy atom. The van der Waals surface area contributed by atoms with Gasteiger partial charge in [-0.15, -0.1) is 0 Å². The first-order valence-corrected chi connectivity index (χ1v) is 8.06. The molecule has 3 atom stereocenters. The monoisotopic (exact) mass is 283 g/mol. The topological polar surface area (TPSA) is 58.4 Å². The molecule has 0 saturated heterocycles. The quantitative estimate of drug-likeness (QED) is 0.751. The molecular formula is C16H33N3O. The van der Waals surface area contributed by atoms with Gasteiger partial charge in [0.05, 0.1) is 0 Å². The van der Waals surface area contributed by atoms with Gasteiger partial charge in [0.1, 0.15) is 0 Å². The number of nitrogens with one attached hydrogen (secondary N) is 1. The summed E-state index contributed by atoms with van der Waals surface area (Å²) in [6.07, 6.45) is 6.14. The van der Waals surface area contributed by atoms with Crippen molar-refractivity contribution < 1.29 is 4.79 Å². The molecule has 3 N–H and O–H groups in total. The fourth-order valence-corrected chi connectivity index (χ4v) is 3.26. The maximum absolute atomic E-state index is 12.2. The van der Waals surface area contributed by atoms with Crippen LogP contribution in [0.4, 0.5) is 0 Å². The number of nitrogens with two attached hydrogens (primary N) is 1. The SMILES string of the molecule is CC(C)CC(CN(C)C)NC(=O)CC1CCCC(N)C1. The molecule has 0 aromatic heterocycles. The second-order valence-electron chi connectivity index (χ2n) is 7.15. The van der Waals surface area contributed by atoms with Crippen LogP contribution in [0.5, 0.6) is 0 Å². The molecule has 0 heterocycles. The first-order valence-electron chi connectivity index (χ1n) is 8.06. The highest BCUT2D eigenvalue weighted by atomic mass is 16.1. The van der Waals surface area contributed by atoms with Gasteiger partial charge in [-0.1, -0.05) is 20.3 Å². The summed E-state index contributed by atoms with van der Waals surface area (Å²) in [5.41, 5.74) is 6.00. The number of hydrogen-bond donors (Lipinski definition) is 2. The predicted molar refractivity (Wildman–Crippen MR) is 84.5 cm³/mol. The van der Waals surface area contributed by atoms with Crippen LogP contribution in [0.3, 0.4) is 0 Å².